The van der Waals surface area contributed by atoms with E-state index in [4.69, 9.17) is 74.6 Å². The van der Waals surface area contributed by atoms with E-state index in [-0.39, 0.29) is 43.0 Å². The number of carboxylic acids is 6. The summed E-state index contributed by atoms with van der Waals surface area (Å²) < 4.78 is 0. The first-order valence-electron chi connectivity index (χ1n) is 15.4. The molecule has 1 radical (unpaired) electrons. The van der Waals surface area contributed by atoms with Crippen LogP contribution in [0.15, 0.2) is 25.0 Å². The van der Waals surface area contributed by atoms with Crippen LogP contribution in [0.5, 0.6) is 0 Å². The molecule has 0 aliphatic heterocycles. The zero-order valence-corrected chi connectivity index (χ0v) is 29.9. The van der Waals surface area contributed by atoms with Crippen LogP contribution in [0.25, 0.3) is 0 Å². The maximum atomic E-state index is 10.3. The third kappa shape index (κ3) is 43.5. The van der Waals surface area contributed by atoms with E-state index in [0.29, 0.717) is 37.3 Å². The summed E-state index contributed by atoms with van der Waals surface area (Å²) >= 11 is 0. The van der Waals surface area contributed by atoms with Gasteiger partial charge in [0.15, 0.2) is 0 Å². The van der Waals surface area contributed by atoms with E-state index in [9.17, 15) is 19.2 Å². The Labute approximate surface area is 315 Å². The Morgan fingerprint density at radius 3 is 1.00 bits per heavy atom. The summed E-state index contributed by atoms with van der Waals surface area (Å²) in [6.45, 7) is 0.429. The first-order chi connectivity index (χ1) is 24.3. The molecule has 0 aromatic carbocycles. The van der Waals surface area contributed by atoms with Crippen LogP contribution in [0.1, 0.15) is 49.9 Å². The van der Waals surface area contributed by atoms with E-state index >= 15 is 0 Å². The molecule has 0 saturated carbocycles. The third-order valence-electron chi connectivity index (χ3n) is 5.51. The Bertz CT molecular complexity index is 1120. The molecular weight excluding hydrogens is 760 g/mol. The summed E-state index contributed by atoms with van der Waals surface area (Å²) in [6.07, 6.45) is 11.1. The molecule has 25 heteroatoms. The molecule has 2 aromatic heterocycles. The summed E-state index contributed by atoms with van der Waals surface area (Å²) in [7, 11) is 0. The molecule has 0 bridgehead atoms. The Morgan fingerprint density at radius 2 is 0.830 bits per heavy atom. The van der Waals surface area contributed by atoms with Crippen molar-refractivity contribution in [3.05, 3.63) is 36.4 Å². The molecule has 0 amide bonds. The van der Waals surface area contributed by atoms with Gasteiger partial charge in [-0.25, -0.2) is 9.97 Å². The van der Waals surface area contributed by atoms with Crippen molar-refractivity contribution < 1.29 is 76.5 Å². The Balaban J connectivity index is -0.000000177. The van der Waals surface area contributed by atoms with Crippen molar-refractivity contribution in [2.75, 3.05) is 26.2 Å². The molecule has 0 aliphatic carbocycles. The molecule has 22 N–H and O–H groups in total. The zero-order chi connectivity index (χ0) is 41.1. The number of carbonyl (C=O) groups excluding carboxylic acids is 2. The maximum Gasteiger partial charge on any atom is 2.00 e. The van der Waals surface area contributed by atoms with Crippen LogP contribution in [0, 0.1) is 0 Å². The van der Waals surface area contributed by atoms with Gasteiger partial charge >= 0.3 is 40.9 Å². The fraction of sp³-hybridized carbons (Fsp3) is 0.571. The summed E-state index contributed by atoms with van der Waals surface area (Å²) in [5.74, 6) is -6.31. The number of carbonyl (C=O) groups is 6. The number of rotatable bonds is 18. The van der Waals surface area contributed by atoms with Gasteiger partial charge in [0, 0.05) is 38.3 Å². The van der Waals surface area contributed by atoms with Crippen molar-refractivity contribution in [2.24, 2.45) is 45.9 Å². The van der Waals surface area contributed by atoms with Gasteiger partial charge in [0.25, 0.3) is 0 Å². The molecule has 0 aliphatic rings. The first kappa shape index (κ1) is 57.8. The van der Waals surface area contributed by atoms with E-state index in [0.717, 1.165) is 25.7 Å². The fourth-order valence-electron chi connectivity index (χ4n) is 2.69. The van der Waals surface area contributed by atoms with Gasteiger partial charge in [0.05, 0.1) is 36.0 Å². The van der Waals surface area contributed by atoms with E-state index in [1.54, 1.807) is 12.4 Å². The Hall–Kier alpha value is -4.56. The van der Waals surface area contributed by atoms with Crippen LogP contribution in [0.4, 0.5) is 0 Å². The van der Waals surface area contributed by atoms with Crippen LogP contribution >= 0.6 is 0 Å². The smallest absolute Gasteiger partial charge is 0.549 e. The van der Waals surface area contributed by atoms with Gasteiger partial charge in [-0.2, -0.15) is 0 Å². The number of aromatic nitrogens is 4. The molecule has 2 heterocycles. The molecule has 0 unspecified atom stereocenters. The largest absolute Gasteiger partial charge is 2.00 e. The standard InChI is InChI=1S/2C6H9N3O2.2C6H14N2O2.2C2H5NO2.Cu/c2*7-5(6(10)11)1-4-2-8-3-9-4;2*7-4-2-1-3-5(8)6(9)10;2*3-1-2(4)5;/h2*2-3,5H,1,7H2,(H,8,9)(H,10,11);2*5H,1-4,7-8H2,(H,9,10);2*1,3H2,(H,4,5);/q;;;;;;+2/p-2/t4*5-;;;/m0000.../s1. The maximum absolute atomic E-state index is 10.3. The number of nitrogens with two attached hydrogens (primary N) is 8. The monoisotopic (exact) mass is 813 g/mol. The number of hydrogen-bond acceptors (Lipinski definition) is 18. The summed E-state index contributed by atoms with van der Waals surface area (Å²) in [5, 5.41) is 51.7. The topological polar surface area (TPSA) is 495 Å². The van der Waals surface area contributed by atoms with E-state index < -0.39 is 60.0 Å². The molecule has 309 valence electrons. The predicted octanol–water partition coefficient (Wildman–Crippen LogP) is -6.83. The molecule has 0 fully saturated rings. The van der Waals surface area contributed by atoms with Gasteiger partial charge in [-0.1, -0.05) is 12.8 Å². The van der Waals surface area contributed by atoms with E-state index in [2.05, 4.69) is 31.4 Å². The molecule has 24 nitrogen and oxygen atoms in total. The molecule has 2 aromatic rings. The summed E-state index contributed by atoms with van der Waals surface area (Å²) in [6, 6.07) is -3.16. The van der Waals surface area contributed by atoms with Crippen molar-refractivity contribution in [1.29, 1.82) is 0 Å². The van der Waals surface area contributed by atoms with Gasteiger partial charge in [0.1, 0.15) is 24.2 Å². The summed E-state index contributed by atoms with van der Waals surface area (Å²) in [4.78, 5) is 72.2. The Morgan fingerprint density at radius 1 is 0.566 bits per heavy atom. The van der Waals surface area contributed by atoms with E-state index in [1.807, 2.05) is 0 Å². The van der Waals surface area contributed by atoms with Crippen LogP contribution in [0.3, 0.4) is 0 Å². The molecule has 0 spiro atoms. The molecular formula is C28H54CuN12O12. The van der Waals surface area contributed by atoms with E-state index in [1.165, 1.54) is 12.7 Å². The third-order valence-corrected chi connectivity index (χ3v) is 5.51. The number of unbranched alkanes of at least 4 members (excludes halogenated alkanes) is 2. The molecule has 4 atom stereocenters. The molecule has 2 rings (SSSR count). The molecule has 0 saturated heterocycles. The van der Waals surface area contributed by atoms with Gasteiger partial charge in [-0.15, -0.1) is 0 Å². The zero-order valence-electron chi connectivity index (χ0n) is 29.0. The molecule has 53 heavy (non-hydrogen) atoms. The number of nitrogens with zero attached hydrogens (tertiary/aromatic N) is 2. The van der Waals surface area contributed by atoms with Crippen LogP contribution in [0.2, 0.25) is 0 Å². The number of carboxylic acid groups (broad SMARTS) is 6. The van der Waals surface area contributed by atoms with Crippen molar-refractivity contribution in [2.45, 2.75) is 75.5 Å². The summed E-state index contributed by atoms with van der Waals surface area (Å²) in [5.41, 5.74) is 41.7. The first-order valence-corrected chi connectivity index (χ1v) is 15.4. The number of aromatic amines is 2. The van der Waals surface area contributed by atoms with Gasteiger partial charge in [-0.05, 0) is 38.8 Å². The van der Waals surface area contributed by atoms with Gasteiger partial charge < -0.3 is 96.1 Å². The van der Waals surface area contributed by atoms with Crippen LogP contribution in [-0.4, -0.2) is 127 Å². The minimum atomic E-state index is -1.22. The number of nitrogens with one attached hydrogen (secondary N) is 2. The minimum Gasteiger partial charge on any atom is -0.549 e. The van der Waals surface area contributed by atoms with Crippen molar-refractivity contribution in [3.63, 3.8) is 0 Å². The minimum absolute atomic E-state index is 0. The van der Waals surface area contributed by atoms with Crippen molar-refractivity contribution in [1.82, 2.24) is 19.9 Å². The number of H-pyrrole nitrogens is 2. The normalized spacial score (nSPS) is 11.6. The number of imidazole rings is 2. The quantitative estimate of drug-likeness (QED) is 0.0491. The number of hydrogen-bond donors (Lipinski definition) is 14. The average molecular weight is 814 g/mol. The Kier molecular flexibility index (Phi) is 42.1. The second-order valence-electron chi connectivity index (χ2n) is 10.0. The SMILES string of the molecule is NCC(=O)[O-].NCC(=O)[O-].NCCCC[C@H](N)C(=O)O.NCCCC[C@H](N)C(=O)O.N[C@@H](Cc1c[nH]cn1)C(=O)O.N[C@@H](Cc1c[nH]cn1)C(=O)O.[Cu+2]. The predicted molar refractivity (Wildman–Crippen MR) is 181 cm³/mol. The van der Waals surface area contributed by atoms with Gasteiger partial charge in [0.2, 0.25) is 0 Å². The van der Waals surface area contributed by atoms with Crippen LogP contribution < -0.4 is 56.1 Å². The van der Waals surface area contributed by atoms with Crippen LogP contribution in [-0.2, 0) is 58.7 Å². The van der Waals surface area contributed by atoms with Gasteiger partial charge in [-0.3, -0.25) is 19.2 Å². The average Bonchev–Trinajstić information content (AvgIpc) is 3.81. The fourth-order valence-corrected chi connectivity index (χ4v) is 2.69. The van der Waals surface area contributed by atoms with Crippen molar-refractivity contribution >= 4 is 35.8 Å². The second-order valence-corrected chi connectivity index (χ2v) is 10.0. The second kappa shape index (κ2) is 38.7. The number of aliphatic carboxylic acids is 6. The van der Waals surface area contributed by atoms with Crippen molar-refractivity contribution in [3.8, 4) is 0 Å².